The maximum absolute atomic E-state index is 12.1. The lowest BCUT2D eigenvalue weighted by atomic mass is 10.1. The number of hydrogen-bond acceptors (Lipinski definition) is 7. The van der Waals surface area contributed by atoms with Crippen molar-refractivity contribution in [3.05, 3.63) is 29.8 Å². The molecular formula is C24H33N5O5. The van der Waals surface area contributed by atoms with Gasteiger partial charge >= 0.3 is 5.97 Å². The highest BCUT2D eigenvalue weighted by molar-refractivity contribution is 6.05. The summed E-state index contributed by atoms with van der Waals surface area (Å²) in [5.41, 5.74) is 1.24. The number of rotatable bonds is 10. The Labute approximate surface area is 199 Å². The number of hydrogen-bond donors (Lipinski definition) is 3. The summed E-state index contributed by atoms with van der Waals surface area (Å²) in [6.07, 6.45) is 0.391. The van der Waals surface area contributed by atoms with Crippen molar-refractivity contribution in [2.45, 2.75) is 20.3 Å². The molecule has 10 heteroatoms. The van der Waals surface area contributed by atoms with E-state index in [0.29, 0.717) is 74.7 Å². The van der Waals surface area contributed by atoms with Crippen molar-refractivity contribution >= 4 is 40.2 Å². The van der Waals surface area contributed by atoms with Crippen molar-refractivity contribution in [2.75, 3.05) is 63.2 Å². The summed E-state index contributed by atoms with van der Waals surface area (Å²) in [6, 6.07) is 6.71. The number of carboxylic acids is 1. The molecule has 1 fully saturated rings. The van der Waals surface area contributed by atoms with Crippen LogP contribution in [0.1, 0.15) is 30.6 Å². The average Bonchev–Trinajstić information content (AvgIpc) is 2.78. The zero-order valence-electron chi connectivity index (χ0n) is 20.0. The molecule has 2 aromatic rings. The molecule has 34 heavy (non-hydrogen) atoms. The van der Waals surface area contributed by atoms with E-state index in [2.05, 4.69) is 20.5 Å². The van der Waals surface area contributed by atoms with Gasteiger partial charge in [-0.2, -0.15) is 0 Å². The number of carbonyl (C=O) groups is 3. The number of carbonyl (C=O) groups excluding carboxylic acids is 2. The molecule has 10 nitrogen and oxygen atoms in total. The maximum Gasteiger partial charge on any atom is 0.336 e. The van der Waals surface area contributed by atoms with Crippen molar-refractivity contribution in [1.82, 2.24) is 15.2 Å². The molecule has 1 aromatic heterocycles. The average molecular weight is 472 g/mol. The van der Waals surface area contributed by atoms with E-state index < -0.39 is 5.97 Å². The van der Waals surface area contributed by atoms with Crippen LogP contribution in [0.4, 0.5) is 11.5 Å². The summed E-state index contributed by atoms with van der Waals surface area (Å²) < 4.78 is 4.94. The fourth-order valence-electron chi connectivity index (χ4n) is 3.90. The molecule has 0 aliphatic carbocycles. The zero-order chi connectivity index (χ0) is 24.7. The van der Waals surface area contributed by atoms with Gasteiger partial charge < -0.3 is 25.4 Å². The molecule has 0 saturated carbocycles. The molecule has 1 aromatic carbocycles. The Balaban J connectivity index is 1.70. The number of fused-ring (bicyclic) bond motifs is 1. The topological polar surface area (TPSA) is 124 Å². The van der Waals surface area contributed by atoms with Gasteiger partial charge in [-0.25, -0.2) is 9.78 Å². The minimum Gasteiger partial charge on any atom is -0.478 e. The molecule has 3 rings (SSSR count). The van der Waals surface area contributed by atoms with Crippen molar-refractivity contribution in [1.29, 1.82) is 0 Å². The number of nitrogens with zero attached hydrogens (tertiary/aromatic N) is 3. The largest absolute Gasteiger partial charge is 0.478 e. The molecule has 0 atom stereocenters. The first kappa shape index (κ1) is 25.4. The van der Waals surface area contributed by atoms with Gasteiger partial charge in [-0.15, -0.1) is 0 Å². The molecule has 0 unspecified atom stereocenters. The first-order valence-electron chi connectivity index (χ1n) is 11.5. The van der Waals surface area contributed by atoms with Crippen LogP contribution in [-0.2, 0) is 14.3 Å². The summed E-state index contributed by atoms with van der Waals surface area (Å²) in [5, 5.41) is 16.0. The van der Waals surface area contributed by atoms with Gasteiger partial charge in [0, 0.05) is 57.3 Å². The Morgan fingerprint density at radius 3 is 2.50 bits per heavy atom. The highest BCUT2D eigenvalue weighted by atomic mass is 16.5. The fourth-order valence-corrected chi connectivity index (χ4v) is 3.90. The number of amides is 2. The van der Waals surface area contributed by atoms with Gasteiger partial charge in [0.2, 0.25) is 11.8 Å². The molecule has 2 amide bonds. The number of aromatic nitrogens is 1. The molecule has 184 valence electrons. The van der Waals surface area contributed by atoms with Crippen LogP contribution in [0.15, 0.2) is 24.3 Å². The first-order chi connectivity index (χ1) is 16.3. The molecule has 0 spiro atoms. The van der Waals surface area contributed by atoms with E-state index in [1.54, 1.807) is 31.4 Å². The van der Waals surface area contributed by atoms with Gasteiger partial charge in [0.05, 0.1) is 24.2 Å². The van der Waals surface area contributed by atoms with Crippen LogP contribution >= 0.6 is 0 Å². The van der Waals surface area contributed by atoms with Gasteiger partial charge in [0.1, 0.15) is 5.82 Å². The highest BCUT2D eigenvalue weighted by Gasteiger charge is 2.22. The smallest absolute Gasteiger partial charge is 0.336 e. The van der Waals surface area contributed by atoms with Gasteiger partial charge in [-0.1, -0.05) is 13.8 Å². The van der Waals surface area contributed by atoms with Crippen LogP contribution in [0.25, 0.3) is 10.9 Å². The predicted octanol–water partition coefficient (Wildman–Crippen LogP) is 1.80. The normalized spacial score (nSPS) is 14.4. The standard InChI is InChI=1S/C24H33N5O5/c1-16(2)12-22(30)26-17-4-5-20-18(13-17)19(24(32)33)14-21(27-20)29-9-7-28(8-10-29)15-23(31)25-6-11-34-3/h4-5,13-14,16H,6-12,15H2,1-3H3,(H,25,31)(H,26,30)(H,32,33). The van der Waals surface area contributed by atoms with Crippen LogP contribution in [0.3, 0.4) is 0 Å². The zero-order valence-corrected chi connectivity index (χ0v) is 20.0. The summed E-state index contributed by atoms with van der Waals surface area (Å²) in [6.45, 7) is 7.80. The van der Waals surface area contributed by atoms with Crippen molar-refractivity contribution in [3.63, 3.8) is 0 Å². The van der Waals surface area contributed by atoms with E-state index in [1.165, 1.54) is 0 Å². The summed E-state index contributed by atoms with van der Waals surface area (Å²) in [5.74, 6) is -0.388. The predicted molar refractivity (Wildman–Crippen MR) is 130 cm³/mol. The lowest BCUT2D eigenvalue weighted by Gasteiger charge is -2.35. The highest BCUT2D eigenvalue weighted by Crippen LogP contribution is 2.27. The number of ether oxygens (including phenoxy) is 1. The monoisotopic (exact) mass is 471 g/mol. The molecule has 1 aliphatic heterocycles. The maximum atomic E-state index is 12.1. The Hall–Kier alpha value is -3.24. The van der Waals surface area contributed by atoms with Gasteiger partial charge in [0.15, 0.2) is 0 Å². The third-order valence-electron chi connectivity index (χ3n) is 5.59. The molecule has 0 bridgehead atoms. The van der Waals surface area contributed by atoms with Gasteiger partial charge in [-0.3, -0.25) is 14.5 Å². The Morgan fingerprint density at radius 1 is 1.12 bits per heavy atom. The third kappa shape index (κ3) is 6.88. The number of benzene rings is 1. The first-order valence-corrected chi connectivity index (χ1v) is 11.5. The second-order valence-electron chi connectivity index (χ2n) is 8.82. The fraction of sp³-hybridized carbons (Fsp3) is 0.500. The van der Waals surface area contributed by atoms with Crippen molar-refractivity contribution in [2.24, 2.45) is 5.92 Å². The van der Waals surface area contributed by atoms with Crippen LogP contribution in [0.2, 0.25) is 0 Å². The van der Waals surface area contributed by atoms with Crippen LogP contribution in [0, 0.1) is 5.92 Å². The van der Waals surface area contributed by atoms with E-state index in [4.69, 9.17) is 4.74 Å². The van der Waals surface area contributed by atoms with Crippen LogP contribution in [-0.4, -0.2) is 85.8 Å². The summed E-state index contributed by atoms with van der Waals surface area (Å²) >= 11 is 0. The Morgan fingerprint density at radius 2 is 1.85 bits per heavy atom. The number of piperazine rings is 1. The van der Waals surface area contributed by atoms with E-state index in [0.717, 1.165) is 0 Å². The van der Waals surface area contributed by atoms with Crippen LogP contribution in [0.5, 0.6) is 0 Å². The van der Waals surface area contributed by atoms with E-state index >= 15 is 0 Å². The van der Waals surface area contributed by atoms with Gasteiger partial charge in [0.25, 0.3) is 0 Å². The van der Waals surface area contributed by atoms with E-state index in [-0.39, 0.29) is 23.3 Å². The second-order valence-corrected chi connectivity index (χ2v) is 8.82. The quantitative estimate of drug-likeness (QED) is 0.448. The molecular weight excluding hydrogens is 438 g/mol. The lowest BCUT2D eigenvalue weighted by molar-refractivity contribution is -0.122. The summed E-state index contributed by atoms with van der Waals surface area (Å²) in [4.78, 5) is 44.9. The molecule has 2 heterocycles. The van der Waals surface area contributed by atoms with E-state index in [9.17, 15) is 19.5 Å². The SMILES string of the molecule is COCCNC(=O)CN1CCN(c2cc(C(=O)O)c3cc(NC(=O)CC(C)C)ccc3n2)CC1. The minimum absolute atomic E-state index is 0.0428. The Kier molecular flexibility index (Phi) is 8.78. The van der Waals surface area contributed by atoms with E-state index in [1.807, 2.05) is 18.7 Å². The Bertz CT molecular complexity index is 1030. The number of nitrogens with one attached hydrogen (secondary N) is 2. The van der Waals surface area contributed by atoms with Gasteiger partial charge in [-0.05, 0) is 30.2 Å². The lowest BCUT2D eigenvalue weighted by Crippen LogP contribution is -2.50. The molecule has 1 aliphatic rings. The number of pyridine rings is 1. The number of aromatic carboxylic acids is 1. The molecule has 3 N–H and O–H groups in total. The third-order valence-corrected chi connectivity index (χ3v) is 5.59. The number of carboxylic acid groups (broad SMARTS) is 1. The molecule has 0 radical (unpaired) electrons. The second kappa shape index (κ2) is 11.8. The van der Waals surface area contributed by atoms with Crippen molar-refractivity contribution < 1.29 is 24.2 Å². The minimum atomic E-state index is -1.05. The summed E-state index contributed by atoms with van der Waals surface area (Å²) in [7, 11) is 1.59. The number of anilines is 2. The van der Waals surface area contributed by atoms with Crippen molar-refractivity contribution in [3.8, 4) is 0 Å². The molecule has 1 saturated heterocycles. The van der Waals surface area contributed by atoms with Crippen LogP contribution < -0.4 is 15.5 Å². The number of methoxy groups -OCH3 is 1.